The van der Waals surface area contributed by atoms with Crippen LogP contribution in [0.15, 0.2) is 24.3 Å². The normalized spacial score (nSPS) is 19.2. The summed E-state index contributed by atoms with van der Waals surface area (Å²) in [6.45, 7) is 3.82. The van der Waals surface area contributed by atoms with Gasteiger partial charge in [-0.15, -0.1) is 0 Å². The van der Waals surface area contributed by atoms with Crippen molar-refractivity contribution in [2.24, 2.45) is 5.73 Å². The minimum atomic E-state index is -0.735. The smallest absolute Gasteiger partial charge is 0.315 e. The average Bonchev–Trinajstić information content (AvgIpc) is 2.86. The molecule has 30 heavy (non-hydrogen) atoms. The van der Waals surface area contributed by atoms with E-state index in [9.17, 15) is 18.4 Å². The molecule has 0 aromatic heterocycles. The Morgan fingerprint density at radius 2 is 1.93 bits per heavy atom. The van der Waals surface area contributed by atoms with Crippen molar-refractivity contribution < 1.29 is 18.4 Å². The summed E-state index contributed by atoms with van der Waals surface area (Å²) in [7, 11) is 0. The number of benzene rings is 1. The molecule has 2 aromatic rings. The average molecular weight is 411 g/mol. The van der Waals surface area contributed by atoms with E-state index in [4.69, 9.17) is 5.73 Å². The predicted octanol–water partition coefficient (Wildman–Crippen LogP) is 2.80. The molecule has 1 aliphatic heterocycles. The first-order valence-electron chi connectivity index (χ1n) is 10.0. The number of carbonyl (C=O) groups is 2. The molecule has 3 amide bonds. The number of hydrogen-bond acceptors (Lipinski definition) is 2. The summed E-state index contributed by atoms with van der Waals surface area (Å²) in [4.78, 5) is 27.9. The molecule has 2 N–H and O–H groups in total. The second kappa shape index (κ2) is 7.60. The standard InChI is InChI=1S/C23H23F2N3O2/c1-13(2)27-11-20(28(23(26)30)12-21(27)29)22-16-5-3-7-18(24)14(16)9-10-15-17(22)6-4-8-19(15)25/h3,5,7-8,13,20,22H,9-12H2,1-2H3,(H2,26,30). The van der Waals surface area contributed by atoms with E-state index >= 15 is 0 Å². The van der Waals surface area contributed by atoms with Gasteiger partial charge in [0.15, 0.2) is 0 Å². The fraction of sp³-hybridized carbons (Fsp3) is 0.391. The highest BCUT2D eigenvalue weighted by molar-refractivity contribution is 5.85. The second-order valence-electron chi connectivity index (χ2n) is 8.11. The minimum absolute atomic E-state index is 0.0877. The van der Waals surface area contributed by atoms with Gasteiger partial charge in [-0.3, -0.25) is 4.79 Å². The summed E-state index contributed by atoms with van der Waals surface area (Å²) < 4.78 is 29.5. The van der Waals surface area contributed by atoms with Crippen LogP contribution >= 0.6 is 0 Å². The number of fused-ring (bicyclic) bond motifs is 2. The molecule has 5 nitrogen and oxygen atoms in total. The van der Waals surface area contributed by atoms with Gasteiger partial charge in [0.05, 0.1) is 6.04 Å². The van der Waals surface area contributed by atoms with Gasteiger partial charge in [0.1, 0.15) is 18.2 Å². The van der Waals surface area contributed by atoms with Crippen LogP contribution in [0, 0.1) is 23.8 Å². The molecular weight excluding hydrogens is 388 g/mol. The van der Waals surface area contributed by atoms with Crippen LogP contribution in [0.3, 0.4) is 0 Å². The molecule has 4 rings (SSSR count). The molecule has 1 aliphatic carbocycles. The number of nitrogens with two attached hydrogens (primary N) is 1. The monoisotopic (exact) mass is 411 g/mol. The molecule has 2 atom stereocenters. The summed E-state index contributed by atoms with van der Waals surface area (Å²) in [5.41, 5.74) is 7.76. The molecule has 7 heteroatoms. The van der Waals surface area contributed by atoms with Gasteiger partial charge in [-0.25, -0.2) is 13.6 Å². The van der Waals surface area contributed by atoms with Crippen LogP contribution < -0.4 is 5.73 Å². The van der Waals surface area contributed by atoms with Gasteiger partial charge in [0, 0.05) is 35.7 Å². The Kier molecular flexibility index (Phi) is 5.10. The quantitative estimate of drug-likeness (QED) is 0.826. The van der Waals surface area contributed by atoms with E-state index in [0.717, 1.165) is 0 Å². The number of hydrogen-bond donors (Lipinski definition) is 1. The maximum Gasteiger partial charge on any atom is 0.315 e. The summed E-state index contributed by atoms with van der Waals surface area (Å²) in [6.07, 6.45) is 0.642. The van der Waals surface area contributed by atoms with Crippen molar-refractivity contribution in [2.75, 3.05) is 13.1 Å². The number of urea groups is 1. The van der Waals surface area contributed by atoms with Crippen molar-refractivity contribution in [1.82, 2.24) is 9.80 Å². The summed E-state index contributed by atoms with van der Waals surface area (Å²) >= 11 is 0. The molecule has 2 unspecified atom stereocenters. The first-order valence-corrected chi connectivity index (χ1v) is 10.0. The molecule has 156 valence electrons. The van der Waals surface area contributed by atoms with Gasteiger partial charge in [-0.2, -0.15) is 0 Å². The third-order valence-corrected chi connectivity index (χ3v) is 6.15. The number of rotatable bonds is 2. The van der Waals surface area contributed by atoms with E-state index in [1.165, 1.54) is 17.0 Å². The Morgan fingerprint density at radius 1 is 1.20 bits per heavy atom. The van der Waals surface area contributed by atoms with Crippen LogP contribution in [-0.2, 0) is 17.6 Å². The van der Waals surface area contributed by atoms with Gasteiger partial charge in [0.25, 0.3) is 0 Å². The molecule has 0 bridgehead atoms. The van der Waals surface area contributed by atoms with Crippen LogP contribution in [0.1, 0.15) is 42.0 Å². The van der Waals surface area contributed by atoms with Crippen molar-refractivity contribution in [3.8, 4) is 0 Å². The number of primary amides is 1. The Morgan fingerprint density at radius 3 is 2.63 bits per heavy atom. The molecule has 1 saturated heterocycles. The topological polar surface area (TPSA) is 66.6 Å². The first kappa shape index (κ1) is 20.1. The molecule has 0 radical (unpaired) electrons. The van der Waals surface area contributed by atoms with Crippen LogP contribution in [0.2, 0.25) is 0 Å². The highest BCUT2D eigenvalue weighted by Gasteiger charge is 2.43. The molecule has 2 aromatic carbocycles. The Bertz CT molecular complexity index is 954. The van der Waals surface area contributed by atoms with Gasteiger partial charge < -0.3 is 15.5 Å². The maximum absolute atomic E-state index is 14.8. The lowest BCUT2D eigenvalue weighted by Crippen LogP contribution is -2.62. The predicted molar refractivity (Wildman–Crippen MR) is 107 cm³/mol. The van der Waals surface area contributed by atoms with Crippen molar-refractivity contribution in [3.05, 3.63) is 70.3 Å². The molecule has 0 saturated carbocycles. The number of carbonyl (C=O) groups excluding carboxylic acids is 2. The molecule has 1 heterocycles. The largest absolute Gasteiger partial charge is 0.351 e. The van der Waals surface area contributed by atoms with Crippen LogP contribution in [0.5, 0.6) is 0 Å². The van der Waals surface area contributed by atoms with Gasteiger partial charge in [-0.1, -0.05) is 24.3 Å². The van der Waals surface area contributed by atoms with Gasteiger partial charge in [0.2, 0.25) is 5.91 Å². The molecule has 0 spiro atoms. The van der Waals surface area contributed by atoms with E-state index in [1.54, 1.807) is 17.0 Å². The summed E-state index contributed by atoms with van der Waals surface area (Å²) in [5.74, 6) is -1.58. The van der Waals surface area contributed by atoms with Crippen LogP contribution in [-0.4, -0.2) is 46.9 Å². The Labute approximate surface area is 174 Å². The third-order valence-electron chi connectivity index (χ3n) is 6.15. The number of piperazine rings is 1. The minimum Gasteiger partial charge on any atom is -0.351 e. The van der Waals surface area contributed by atoms with E-state index in [0.29, 0.717) is 35.1 Å². The lowest BCUT2D eigenvalue weighted by Gasteiger charge is -2.45. The van der Waals surface area contributed by atoms with Gasteiger partial charge >= 0.3 is 6.03 Å². The zero-order chi connectivity index (χ0) is 21.6. The van der Waals surface area contributed by atoms with Gasteiger partial charge in [-0.05, 0) is 43.9 Å². The van der Waals surface area contributed by atoms with Crippen molar-refractivity contribution in [1.29, 1.82) is 0 Å². The van der Waals surface area contributed by atoms with Crippen LogP contribution in [0.4, 0.5) is 13.6 Å². The van der Waals surface area contributed by atoms with Crippen molar-refractivity contribution >= 4 is 11.9 Å². The Hall–Kier alpha value is -3.14. The molecule has 1 fully saturated rings. The summed E-state index contributed by atoms with van der Waals surface area (Å²) in [6, 6.07) is 10.3. The fourth-order valence-electron chi connectivity index (χ4n) is 4.70. The Balaban J connectivity index is 1.93. The zero-order valence-corrected chi connectivity index (χ0v) is 16.9. The summed E-state index contributed by atoms with van der Waals surface area (Å²) in [5, 5.41) is 0. The maximum atomic E-state index is 14.8. The van der Waals surface area contributed by atoms with Crippen molar-refractivity contribution in [2.45, 2.75) is 44.7 Å². The van der Waals surface area contributed by atoms with E-state index in [2.05, 4.69) is 12.1 Å². The SMILES string of the molecule is CC(C)N1CC(C2c3c#ccc(F)c3CCc3c(F)cccc32)N(C(N)=O)CC1=O. The van der Waals surface area contributed by atoms with Crippen LogP contribution in [0.25, 0.3) is 0 Å². The fourth-order valence-corrected chi connectivity index (χ4v) is 4.70. The van der Waals surface area contributed by atoms with Crippen molar-refractivity contribution in [3.63, 3.8) is 0 Å². The zero-order valence-electron chi connectivity index (χ0n) is 16.9. The molecule has 2 aliphatic rings. The number of nitrogens with zero attached hydrogens (tertiary/aromatic N) is 2. The first-order chi connectivity index (χ1) is 14.3. The number of amides is 3. The number of halogens is 2. The van der Waals surface area contributed by atoms with E-state index < -0.39 is 23.8 Å². The van der Waals surface area contributed by atoms with E-state index in [-0.39, 0.29) is 30.9 Å². The van der Waals surface area contributed by atoms with E-state index in [1.807, 2.05) is 13.8 Å². The molecular formula is C23H23F2N3O2. The highest BCUT2D eigenvalue weighted by atomic mass is 19.1. The second-order valence-corrected chi connectivity index (χ2v) is 8.11. The lowest BCUT2D eigenvalue weighted by atomic mass is 9.81. The lowest BCUT2D eigenvalue weighted by molar-refractivity contribution is -0.139. The third kappa shape index (κ3) is 3.26. The highest BCUT2D eigenvalue weighted by Crippen LogP contribution is 2.40.